The first-order chi connectivity index (χ1) is 8.02. The summed E-state index contributed by atoms with van der Waals surface area (Å²) in [5, 5.41) is 11.4. The predicted molar refractivity (Wildman–Crippen MR) is 70.1 cm³/mol. The molecule has 100 valence electrons. The Hall–Kier alpha value is -0.750. The molecule has 4 N–H and O–H groups in total. The summed E-state index contributed by atoms with van der Waals surface area (Å²) >= 11 is 1.61. The number of carboxylic acid groups (broad SMARTS) is 1. The lowest BCUT2D eigenvalue weighted by atomic mass is 10.1. The van der Waals surface area contributed by atoms with Crippen molar-refractivity contribution >= 4 is 23.6 Å². The maximum Gasteiger partial charge on any atom is 0.326 e. The highest BCUT2D eigenvalue weighted by Crippen LogP contribution is 2.03. The van der Waals surface area contributed by atoms with E-state index in [4.69, 9.17) is 10.8 Å². The zero-order chi connectivity index (χ0) is 13.3. The summed E-state index contributed by atoms with van der Waals surface area (Å²) in [6.07, 6.45) is 4.63. The van der Waals surface area contributed by atoms with Crippen LogP contribution in [0, 0.1) is 0 Å². The van der Waals surface area contributed by atoms with Crippen LogP contribution in [-0.4, -0.2) is 41.1 Å². The van der Waals surface area contributed by atoms with Crippen LogP contribution in [-0.2, 0) is 9.59 Å². The quantitative estimate of drug-likeness (QED) is 0.572. The van der Waals surface area contributed by atoms with Gasteiger partial charge in [-0.1, -0.05) is 19.8 Å². The molecule has 0 aliphatic rings. The topological polar surface area (TPSA) is 92.4 Å². The van der Waals surface area contributed by atoms with Crippen molar-refractivity contribution in [3.05, 3.63) is 0 Å². The summed E-state index contributed by atoms with van der Waals surface area (Å²) in [4.78, 5) is 22.5. The molecule has 2 unspecified atom stereocenters. The number of thioether (sulfide) groups is 1. The molecular formula is C11H22N2O3S. The summed E-state index contributed by atoms with van der Waals surface area (Å²) in [6, 6.07) is -1.44. The van der Waals surface area contributed by atoms with Gasteiger partial charge in [-0.2, -0.15) is 11.8 Å². The lowest BCUT2D eigenvalue weighted by molar-refractivity contribution is -0.142. The van der Waals surface area contributed by atoms with Crippen LogP contribution in [0.1, 0.15) is 32.6 Å². The van der Waals surface area contributed by atoms with Gasteiger partial charge in [-0.15, -0.1) is 0 Å². The number of nitrogens with two attached hydrogens (primary N) is 1. The lowest BCUT2D eigenvalue weighted by Crippen LogP contribution is -2.48. The molecule has 0 aromatic carbocycles. The Morgan fingerprint density at radius 2 is 2.06 bits per heavy atom. The third-order valence-corrected chi connectivity index (χ3v) is 3.07. The maximum absolute atomic E-state index is 11.6. The minimum atomic E-state index is -0.996. The van der Waals surface area contributed by atoms with Gasteiger partial charge < -0.3 is 16.2 Å². The minimum absolute atomic E-state index is 0.373. The molecule has 0 saturated carbocycles. The van der Waals surface area contributed by atoms with Crippen molar-refractivity contribution in [2.24, 2.45) is 5.73 Å². The molecular weight excluding hydrogens is 240 g/mol. The summed E-state index contributed by atoms with van der Waals surface area (Å²) in [5.41, 5.74) is 5.66. The molecule has 0 radical (unpaired) electrons. The van der Waals surface area contributed by atoms with E-state index in [9.17, 15) is 9.59 Å². The van der Waals surface area contributed by atoms with Gasteiger partial charge >= 0.3 is 5.97 Å². The SMILES string of the molecule is CCCCC(NC(=O)C(N)CCSC)C(=O)O. The molecule has 0 spiro atoms. The van der Waals surface area contributed by atoms with Crippen molar-refractivity contribution in [3.8, 4) is 0 Å². The number of carboxylic acids is 1. The van der Waals surface area contributed by atoms with Crippen molar-refractivity contribution < 1.29 is 14.7 Å². The van der Waals surface area contributed by atoms with Gasteiger partial charge in [0.1, 0.15) is 6.04 Å². The molecule has 0 aromatic rings. The Morgan fingerprint density at radius 1 is 1.41 bits per heavy atom. The molecule has 17 heavy (non-hydrogen) atoms. The van der Waals surface area contributed by atoms with Crippen molar-refractivity contribution in [3.63, 3.8) is 0 Å². The Balaban J connectivity index is 4.15. The van der Waals surface area contributed by atoms with E-state index in [0.717, 1.165) is 18.6 Å². The third-order valence-electron chi connectivity index (χ3n) is 2.43. The van der Waals surface area contributed by atoms with Crippen LogP contribution in [0.3, 0.4) is 0 Å². The second-order valence-corrected chi connectivity index (χ2v) is 4.92. The molecule has 5 nitrogen and oxygen atoms in total. The normalized spacial score (nSPS) is 14.1. The molecule has 0 aliphatic carbocycles. The fourth-order valence-corrected chi connectivity index (χ4v) is 1.81. The number of carbonyl (C=O) groups is 2. The number of aliphatic carboxylic acids is 1. The van der Waals surface area contributed by atoms with Crippen molar-refractivity contribution in [1.29, 1.82) is 0 Å². The first kappa shape index (κ1) is 16.2. The smallest absolute Gasteiger partial charge is 0.326 e. The summed E-state index contributed by atoms with van der Waals surface area (Å²) in [7, 11) is 0. The molecule has 0 fully saturated rings. The summed E-state index contributed by atoms with van der Waals surface area (Å²) in [6.45, 7) is 1.98. The van der Waals surface area contributed by atoms with E-state index in [0.29, 0.717) is 12.8 Å². The Morgan fingerprint density at radius 3 is 2.53 bits per heavy atom. The molecule has 0 rings (SSSR count). The van der Waals surface area contributed by atoms with E-state index in [1.807, 2.05) is 13.2 Å². The van der Waals surface area contributed by atoms with E-state index in [1.54, 1.807) is 11.8 Å². The monoisotopic (exact) mass is 262 g/mol. The van der Waals surface area contributed by atoms with E-state index in [1.165, 1.54) is 0 Å². The van der Waals surface area contributed by atoms with Gasteiger partial charge in [0, 0.05) is 0 Å². The second-order valence-electron chi connectivity index (χ2n) is 3.93. The van der Waals surface area contributed by atoms with Crippen LogP contribution >= 0.6 is 11.8 Å². The zero-order valence-electron chi connectivity index (χ0n) is 10.4. The molecule has 1 amide bonds. The van der Waals surface area contributed by atoms with Gasteiger partial charge in [0.2, 0.25) is 5.91 Å². The van der Waals surface area contributed by atoms with E-state index in [2.05, 4.69) is 5.32 Å². The standard InChI is InChI=1S/C11H22N2O3S/c1-3-4-5-9(11(15)16)13-10(14)8(12)6-7-17-2/h8-9H,3-7,12H2,1-2H3,(H,13,14)(H,15,16). The molecule has 0 aromatic heterocycles. The fourth-order valence-electron chi connectivity index (χ4n) is 1.32. The fraction of sp³-hybridized carbons (Fsp3) is 0.818. The summed E-state index contributed by atoms with van der Waals surface area (Å²) < 4.78 is 0. The van der Waals surface area contributed by atoms with Crippen LogP contribution in [0.2, 0.25) is 0 Å². The van der Waals surface area contributed by atoms with Crippen LogP contribution < -0.4 is 11.1 Å². The molecule has 0 aliphatic heterocycles. The first-order valence-corrected chi connectivity index (χ1v) is 7.20. The zero-order valence-corrected chi connectivity index (χ0v) is 11.3. The van der Waals surface area contributed by atoms with Gasteiger partial charge in [-0.25, -0.2) is 4.79 Å². The van der Waals surface area contributed by atoms with E-state index >= 15 is 0 Å². The number of unbranched alkanes of at least 4 members (excludes halogenated alkanes) is 1. The van der Waals surface area contributed by atoms with Crippen LogP contribution in [0.5, 0.6) is 0 Å². The lowest BCUT2D eigenvalue weighted by Gasteiger charge is -2.17. The number of amides is 1. The number of rotatable bonds is 9. The number of nitrogens with one attached hydrogen (secondary N) is 1. The van der Waals surface area contributed by atoms with Crippen molar-refractivity contribution in [2.75, 3.05) is 12.0 Å². The first-order valence-electron chi connectivity index (χ1n) is 5.80. The highest BCUT2D eigenvalue weighted by Gasteiger charge is 2.22. The number of hydrogen-bond donors (Lipinski definition) is 3. The van der Waals surface area contributed by atoms with Crippen LogP contribution in [0.25, 0.3) is 0 Å². The van der Waals surface area contributed by atoms with Gasteiger partial charge in [0.15, 0.2) is 0 Å². The van der Waals surface area contributed by atoms with Gasteiger partial charge in [-0.3, -0.25) is 4.79 Å². The largest absolute Gasteiger partial charge is 0.480 e. The molecule has 0 saturated heterocycles. The number of hydrogen-bond acceptors (Lipinski definition) is 4. The van der Waals surface area contributed by atoms with Crippen LogP contribution in [0.15, 0.2) is 0 Å². The average molecular weight is 262 g/mol. The van der Waals surface area contributed by atoms with E-state index < -0.39 is 18.1 Å². The number of carbonyl (C=O) groups excluding carboxylic acids is 1. The Kier molecular flexibility index (Phi) is 8.89. The molecule has 6 heteroatoms. The van der Waals surface area contributed by atoms with E-state index in [-0.39, 0.29) is 5.91 Å². The van der Waals surface area contributed by atoms with Crippen molar-refractivity contribution in [1.82, 2.24) is 5.32 Å². The molecule has 0 bridgehead atoms. The predicted octanol–water partition coefficient (Wildman–Crippen LogP) is 0.826. The van der Waals surface area contributed by atoms with Gasteiger partial charge in [0.05, 0.1) is 6.04 Å². The third kappa shape index (κ3) is 7.23. The van der Waals surface area contributed by atoms with Gasteiger partial charge in [0.25, 0.3) is 0 Å². The summed E-state index contributed by atoms with van der Waals surface area (Å²) in [5.74, 6) is -0.576. The minimum Gasteiger partial charge on any atom is -0.480 e. The highest BCUT2D eigenvalue weighted by atomic mass is 32.2. The van der Waals surface area contributed by atoms with Crippen molar-refractivity contribution in [2.45, 2.75) is 44.7 Å². The Labute approximate surface area is 107 Å². The molecule has 2 atom stereocenters. The van der Waals surface area contributed by atoms with Gasteiger partial charge in [-0.05, 0) is 24.9 Å². The second kappa shape index (κ2) is 9.30. The Bertz CT molecular complexity index is 249. The van der Waals surface area contributed by atoms with Crippen LogP contribution in [0.4, 0.5) is 0 Å². The average Bonchev–Trinajstić information content (AvgIpc) is 2.30. The molecule has 0 heterocycles. The maximum atomic E-state index is 11.6. The highest BCUT2D eigenvalue weighted by molar-refractivity contribution is 7.98.